The van der Waals surface area contributed by atoms with Gasteiger partial charge in [0.15, 0.2) is 11.5 Å². The van der Waals surface area contributed by atoms with Gasteiger partial charge in [0.1, 0.15) is 0 Å². The number of anilines is 1. The first-order valence-electron chi connectivity index (χ1n) is 7.30. The lowest BCUT2D eigenvalue weighted by Crippen LogP contribution is -2.15. The number of aromatic carboxylic acids is 1. The maximum absolute atomic E-state index is 12.4. The van der Waals surface area contributed by atoms with Crippen molar-refractivity contribution in [1.29, 1.82) is 5.26 Å². The van der Waals surface area contributed by atoms with Crippen LogP contribution in [0.25, 0.3) is 11.3 Å². The highest BCUT2D eigenvalue weighted by molar-refractivity contribution is 9.10. The van der Waals surface area contributed by atoms with Gasteiger partial charge < -0.3 is 14.9 Å². The van der Waals surface area contributed by atoms with E-state index in [9.17, 15) is 14.7 Å². The Hall–Kier alpha value is -3.44. The van der Waals surface area contributed by atoms with Gasteiger partial charge in [-0.05, 0) is 30.3 Å². The Morgan fingerprint density at radius 1 is 1.19 bits per heavy atom. The highest BCUT2D eigenvalue weighted by Gasteiger charge is 2.18. The number of nitrogens with one attached hydrogen (secondary N) is 1. The summed E-state index contributed by atoms with van der Waals surface area (Å²) in [6, 6.07) is 14.6. The van der Waals surface area contributed by atoms with E-state index >= 15 is 0 Å². The molecular weight excluding hydrogens is 402 g/mol. The molecule has 0 aliphatic rings. The van der Waals surface area contributed by atoms with E-state index in [0.717, 1.165) is 10.0 Å². The number of carbonyl (C=O) groups is 2. The number of rotatable bonds is 4. The molecular formula is C18H10BrN3O4. The third-order valence-corrected chi connectivity index (χ3v) is 4.20. The zero-order valence-electron chi connectivity index (χ0n) is 13.1. The molecule has 0 atom stereocenters. The van der Waals surface area contributed by atoms with Crippen LogP contribution in [0.2, 0.25) is 0 Å². The standard InChI is InChI=1S/C18H10BrN3O4/c19-13-4-2-1-3-11(13)16-8-15(22-26-16)17(23)21-14-6-5-10(9-20)7-12(14)18(24)25/h1-8H,(H,21,23)(H,24,25). The number of carboxylic acids is 1. The maximum atomic E-state index is 12.4. The molecule has 0 aliphatic heterocycles. The van der Waals surface area contributed by atoms with Gasteiger partial charge in [-0.2, -0.15) is 5.26 Å². The molecule has 1 heterocycles. The first-order valence-corrected chi connectivity index (χ1v) is 8.09. The number of halogens is 1. The molecule has 1 amide bonds. The molecule has 0 aliphatic carbocycles. The summed E-state index contributed by atoms with van der Waals surface area (Å²) < 4.78 is 5.99. The summed E-state index contributed by atoms with van der Waals surface area (Å²) in [7, 11) is 0. The Morgan fingerprint density at radius 2 is 1.96 bits per heavy atom. The lowest BCUT2D eigenvalue weighted by molar-refractivity contribution is 0.0698. The number of benzene rings is 2. The SMILES string of the molecule is N#Cc1ccc(NC(=O)c2cc(-c3ccccc3Br)on2)c(C(=O)O)c1. The third-order valence-electron chi connectivity index (χ3n) is 3.51. The van der Waals surface area contributed by atoms with Crippen LogP contribution in [0.15, 0.2) is 57.5 Å². The van der Waals surface area contributed by atoms with Crippen molar-refractivity contribution in [3.63, 3.8) is 0 Å². The second-order valence-corrected chi connectivity index (χ2v) is 6.04. The van der Waals surface area contributed by atoms with Crippen molar-refractivity contribution in [2.75, 3.05) is 5.32 Å². The van der Waals surface area contributed by atoms with Gasteiger partial charge >= 0.3 is 5.97 Å². The number of amides is 1. The van der Waals surface area contributed by atoms with E-state index in [1.807, 2.05) is 24.3 Å². The lowest BCUT2D eigenvalue weighted by atomic mass is 10.1. The van der Waals surface area contributed by atoms with Crippen LogP contribution in [-0.4, -0.2) is 22.1 Å². The van der Waals surface area contributed by atoms with Gasteiger partial charge in [-0.25, -0.2) is 4.79 Å². The Kier molecular flexibility index (Phi) is 4.82. The molecule has 0 radical (unpaired) electrons. The fourth-order valence-corrected chi connectivity index (χ4v) is 2.74. The first kappa shape index (κ1) is 17.4. The predicted molar refractivity (Wildman–Crippen MR) is 95.7 cm³/mol. The van der Waals surface area contributed by atoms with Gasteiger partial charge in [-0.1, -0.05) is 33.2 Å². The van der Waals surface area contributed by atoms with Gasteiger partial charge in [-0.3, -0.25) is 4.79 Å². The van der Waals surface area contributed by atoms with Gasteiger partial charge in [0.2, 0.25) is 0 Å². The van der Waals surface area contributed by atoms with Crippen molar-refractivity contribution in [3.8, 4) is 17.4 Å². The third kappa shape index (κ3) is 3.48. The minimum atomic E-state index is -1.26. The Labute approximate surface area is 156 Å². The molecule has 0 bridgehead atoms. The minimum absolute atomic E-state index is 0.00329. The number of nitriles is 1. The molecule has 0 unspecified atom stereocenters. The number of carbonyl (C=O) groups excluding carboxylic acids is 1. The van der Waals surface area contributed by atoms with E-state index < -0.39 is 11.9 Å². The fraction of sp³-hybridized carbons (Fsp3) is 0. The average Bonchev–Trinajstić information content (AvgIpc) is 3.12. The molecule has 0 saturated heterocycles. The van der Waals surface area contributed by atoms with Crippen molar-refractivity contribution in [1.82, 2.24) is 5.16 Å². The smallest absolute Gasteiger partial charge is 0.337 e. The molecule has 7 nitrogen and oxygen atoms in total. The molecule has 2 N–H and O–H groups in total. The van der Waals surface area contributed by atoms with Crippen molar-refractivity contribution < 1.29 is 19.2 Å². The average molecular weight is 412 g/mol. The van der Waals surface area contributed by atoms with Gasteiger partial charge in [0, 0.05) is 16.1 Å². The van der Waals surface area contributed by atoms with Crippen molar-refractivity contribution in [2.24, 2.45) is 0 Å². The van der Waals surface area contributed by atoms with Gasteiger partial charge in [0.05, 0.1) is 22.9 Å². The summed E-state index contributed by atoms with van der Waals surface area (Å²) >= 11 is 3.39. The molecule has 0 fully saturated rings. The zero-order chi connectivity index (χ0) is 18.7. The monoisotopic (exact) mass is 411 g/mol. The summed E-state index contributed by atoms with van der Waals surface area (Å²) in [6.07, 6.45) is 0. The van der Waals surface area contributed by atoms with Crippen LogP contribution in [0.3, 0.4) is 0 Å². The van der Waals surface area contributed by atoms with E-state index in [2.05, 4.69) is 26.4 Å². The van der Waals surface area contributed by atoms with Crippen LogP contribution >= 0.6 is 15.9 Å². The zero-order valence-corrected chi connectivity index (χ0v) is 14.6. The fourth-order valence-electron chi connectivity index (χ4n) is 2.26. The topological polar surface area (TPSA) is 116 Å². The van der Waals surface area contributed by atoms with Crippen LogP contribution in [0, 0.1) is 11.3 Å². The molecule has 128 valence electrons. The van der Waals surface area contributed by atoms with E-state index in [4.69, 9.17) is 9.78 Å². The molecule has 3 rings (SSSR count). The first-order chi connectivity index (χ1) is 12.5. The number of nitrogens with zero attached hydrogens (tertiary/aromatic N) is 2. The minimum Gasteiger partial charge on any atom is -0.478 e. The highest BCUT2D eigenvalue weighted by atomic mass is 79.9. The van der Waals surface area contributed by atoms with Gasteiger partial charge in [0.25, 0.3) is 5.91 Å². The van der Waals surface area contributed by atoms with E-state index in [0.29, 0.717) is 5.76 Å². The summed E-state index contributed by atoms with van der Waals surface area (Å²) in [4.78, 5) is 23.7. The van der Waals surface area contributed by atoms with E-state index in [-0.39, 0.29) is 22.5 Å². The quantitative estimate of drug-likeness (QED) is 0.671. The molecule has 26 heavy (non-hydrogen) atoms. The van der Waals surface area contributed by atoms with Crippen LogP contribution in [-0.2, 0) is 0 Å². The highest BCUT2D eigenvalue weighted by Crippen LogP contribution is 2.28. The Morgan fingerprint density at radius 3 is 2.65 bits per heavy atom. The predicted octanol–water partition coefficient (Wildman–Crippen LogP) is 3.93. The second-order valence-electron chi connectivity index (χ2n) is 5.19. The van der Waals surface area contributed by atoms with Crippen LogP contribution < -0.4 is 5.32 Å². The van der Waals surface area contributed by atoms with Crippen LogP contribution in [0.4, 0.5) is 5.69 Å². The van der Waals surface area contributed by atoms with Crippen LogP contribution in [0.1, 0.15) is 26.4 Å². The van der Waals surface area contributed by atoms with Crippen LogP contribution in [0.5, 0.6) is 0 Å². The molecule has 0 spiro atoms. The van der Waals surface area contributed by atoms with Crippen molar-refractivity contribution in [3.05, 3.63) is 69.8 Å². The molecule has 3 aromatic rings. The Bertz CT molecular complexity index is 1050. The molecule has 2 aromatic carbocycles. The van der Waals surface area contributed by atoms with E-state index in [1.54, 1.807) is 6.07 Å². The van der Waals surface area contributed by atoms with E-state index in [1.165, 1.54) is 24.3 Å². The largest absolute Gasteiger partial charge is 0.478 e. The molecule has 8 heteroatoms. The summed E-state index contributed by atoms with van der Waals surface area (Å²) in [5.74, 6) is -1.49. The van der Waals surface area contributed by atoms with Crippen molar-refractivity contribution >= 4 is 33.5 Å². The second kappa shape index (κ2) is 7.21. The number of aromatic nitrogens is 1. The lowest BCUT2D eigenvalue weighted by Gasteiger charge is -2.07. The molecule has 1 aromatic heterocycles. The van der Waals surface area contributed by atoms with Gasteiger partial charge in [-0.15, -0.1) is 0 Å². The maximum Gasteiger partial charge on any atom is 0.337 e. The summed E-state index contributed by atoms with van der Waals surface area (Å²) in [6.45, 7) is 0. The normalized spacial score (nSPS) is 10.2. The number of hydrogen-bond donors (Lipinski definition) is 2. The molecule has 0 saturated carbocycles. The number of carboxylic acid groups (broad SMARTS) is 1. The Balaban J connectivity index is 1.87. The summed E-state index contributed by atoms with van der Waals surface area (Å²) in [5, 5.41) is 24.3. The van der Waals surface area contributed by atoms with Crippen molar-refractivity contribution in [2.45, 2.75) is 0 Å². The summed E-state index contributed by atoms with van der Waals surface area (Å²) in [5.41, 5.74) is 0.775. The number of hydrogen-bond acceptors (Lipinski definition) is 5.